The van der Waals surface area contributed by atoms with Crippen molar-refractivity contribution < 1.29 is 0 Å². The molecule has 0 amide bonds. The van der Waals surface area contributed by atoms with Crippen LogP contribution in [0.2, 0.25) is 0 Å². The molecule has 0 atom stereocenters. The molecule has 0 radical (unpaired) electrons. The van der Waals surface area contributed by atoms with Crippen LogP contribution < -0.4 is 0 Å². The molecule has 3 aromatic carbocycles. The molecule has 0 aliphatic carbocycles. The van der Waals surface area contributed by atoms with Gasteiger partial charge < -0.3 is 0 Å². The van der Waals surface area contributed by atoms with Crippen molar-refractivity contribution in [3.63, 3.8) is 0 Å². The van der Waals surface area contributed by atoms with Gasteiger partial charge in [0.05, 0.1) is 6.57 Å². The van der Waals surface area contributed by atoms with Crippen molar-refractivity contribution in [2.75, 3.05) is 0 Å². The highest BCUT2D eigenvalue weighted by Gasteiger charge is 2.14. The van der Waals surface area contributed by atoms with E-state index in [4.69, 9.17) is 16.5 Å². The molecule has 0 saturated carbocycles. The van der Waals surface area contributed by atoms with Gasteiger partial charge in [-0.1, -0.05) is 60.7 Å². The number of benzene rings is 3. The molecule has 0 saturated heterocycles. The van der Waals surface area contributed by atoms with Crippen LogP contribution in [0.3, 0.4) is 0 Å². The largest absolute Gasteiger partial charge is 0.238 e. The second kappa shape index (κ2) is 11.0. The van der Waals surface area contributed by atoms with E-state index >= 15 is 0 Å². The maximum absolute atomic E-state index is 7.19. The fourth-order valence-corrected chi connectivity index (χ4v) is 4.50. The Balaban J connectivity index is 1.37. The van der Waals surface area contributed by atoms with E-state index in [1.807, 2.05) is 88.4 Å². The molecule has 0 bridgehead atoms. The average molecular weight is 549 g/mol. The van der Waals surface area contributed by atoms with Crippen LogP contribution in [0, 0.1) is 34.3 Å². The van der Waals surface area contributed by atoms with E-state index in [0.29, 0.717) is 58.1 Å². The van der Waals surface area contributed by atoms with Crippen molar-refractivity contribution in [1.29, 1.82) is 0 Å². The molecule has 0 unspecified atom stereocenters. The van der Waals surface area contributed by atoms with Crippen molar-refractivity contribution in [1.82, 2.24) is 44.9 Å². The van der Waals surface area contributed by atoms with E-state index in [0.717, 1.165) is 27.8 Å². The van der Waals surface area contributed by atoms with Gasteiger partial charge in [0.15, 0.2) is 34.8 Å². The van der Waals surface area contributed by atoms with Crippen LogP contribution in [0.1, 0.15) is 23.3 Å². The van der Waals surface area contributed by atoms with Crippen LogP contribution in [-0.2, 0) is 0 Å². The van der Waals surface area contributed by atoms with Gasteiger partial charge in [-0.3, -0.25) is 0 Å². The lowest BCUT2D eigenvalue weighted by Crippen LogP contribution is -2.02. The maximum Gasteiger partial charge on any atom is 0.187 e. The minimum Gasteiger partial charge on any atom is -0.238 e. The predicted octanol–water partition coefficient (Wildman–Crippen LogP) is 6.36. The molecular formula is C32H24N10. The minimum atomic E-state index is 0.537. The third-order valence-electron chi connectivity index (χ3n) is 6.37. The summed E-state index contributed by atoms with van der Waals surface area (Å²) >= 11 is 0. The van der Waals surface area contributed by atoms with E-state index in [1.54, 1.807) is 12.1 Å². The summed E-state index contributed by atoms with van der Waals surface area (Å²) < 4.78 is 0. The summed E-state index contributed by atoms with van der Waals surface area (Å²) in [7, 11) is 0. The summed E-state index contributed by atoms with van der Waals surface area (Å²) in [6, 6.07) is 22.8. The fraction of sp³-hybridized carbons (Fsp3) is 0.125. The van der Waals surface area contributed by atoms with Gasteiger partial charge in [0, 0.05) is 27.8 Å². The van der Waals surface area contributed by atoms with E-state index in [9.17, 15) is 0 Å². The number of aryl methyl sites for hydroxylation is 4. The summed E-state index contributed by atoms with van der Waals surface area (Å²) in [6.45, 7) is 14.6. The standard InChI is InChI=1S/C32H24N10/c1-18-34-19(2)36-29(35-18)23-8-6-9-24(16-23)31-39-21(4)40-32(42-31)26-11-7-10-25(17-26)30-38-20(3)37-28(41-30)22-12-14-27(33-5)15-13-22/h6-17H,1-4H3. The van der Waals surface area contributed by atoms with Crippen molar-refractivity contribution in [2.24, 2.45) is 0 Å². The van der Waals surface area contributed by atoms with Gasteiger partial charge in [-0.05, 0) is 39.8 Å². The van der Waals surface area contributed by atoms with Crippen LogP contribution >= 0.6 is 0 Å². The van der Waals surface area contributed by atoms with Crippen LogP contribution in [0.4, 0.5) is 5.69 Å². The Labute approximate surface area is 242 Å². The average Bonchev–Trinajstić information content (AvgIpc) is 3.00. The van der Waals surface area contributed by atoms with Crippen molar-refractivity contribution in [3.05, 3.63) is 108 Å². The van der Waals surface area contributed by atoms with Crippen LogP contribution in [0.25, 0.3) is 61.8 Å². The summed E-state index contributed by atoms with van der Waals surface area (Å²) in [5.41, 5.74) is 4.67. The lowest BCUT2D eigenvalue weighted by molar-refractivity contribution is 0.928. The van der Waals surface area contributed by atoms with E-state index in [-0.39, 0.29) is 0 Å². The first-order valence-corrected chi connectivity index (χ1v) is 13.2. The summed E-state index contributed by atoms with van der Waals surface area (Å²) in [6.07, 6.45) is 0. The molecule has 202 valence electrons. The molecule has 3 aromatic heterocycles. The maximum atomic E-state index is 7.19. The molecule has 42 heavy (non-hydrogen) atoms. The highest BCUT2D eigenvalue weighted by molar-refractivity contribution is 5.70. The zero-order valence-corrected chi connectivity index (χ0v) is 23.4. The van der Waals surface area contributed by atoms with Crippen molar-refractivity contribution in [2.45, 2.75) is 27.7 Å². The lowest BCUT2D eigenvalue weighted by atomic mass is 10.1. The Morgan fingerprint density at radius 3 is 1.12 bits per heavy atom. The van der Waals surface area contributed by atoms with Crippen LogP contribution in [0.5, 0.6) is 0 Å². The molecule has 6 aromatic rings. The minimum absolute atomic E-state index is 0.537. The number of rotatable bonds is 5. The Morgan fingerprint density at radius 1 is 0.405 bits per heavy atom. The normalized spacial score (nSPS) is 10.8. The zero-order chi connectivity index (χ0) is 29.2. The van der Waals surface area contributed by atoms with Gasteiger partial charge in [0.1, 0.15) is 23.3 Å². The van der Waals surface area contributed by atoms with Crippen LogP contribution in [0.15, 0.2) is 72.8 Å². The quantitative estimate of drug-likeness (QED) is 0.227. The first-order valence-electron chi connectivity index (χ1n) is 13.2. The van der Waals surface area contributed by atoms with E-state index in [2.05, 4.69) is 39.7 Å². The van der Waals surface area contributed by atoms with Gasteiger partial charge in [-0.25, -0.2) is 49.7 Å². The van der Waals surface area contributed by atoms with Gasteiger partial charge in [-0.15, -0.1) is 0 Å². The van der Waals surface area contributed by atoms with Crippen molar-refractivity contribution in [3.8, 4) is 56.9 Å². The van der Waals surface area contributed by atoms with Gasteiger partial charge in [0.25, 0.3) is 0 Å². The molecule has 6 rings (SSSR count). The van der Waals surface area contributed by atoms with Crippen molar-refractivity contribution >= 4 is 5.69 Å². The summed E-state index contributed by atoms with van der Waals surface area (Å²) in [5.74, 6) is 5.30. The second-order valence-corrected chi connectivity index (χ2v) is 9.63. The van der Waals surface area contributed by atoms with Crippen LogP contribution in [-0.4, -0.2) is 44.9 Å². The molecule has 0 aliphatic rings. The molecule has 0 fully saturated rings. The van der Waals surface area contributed by atoms with Gasteiger partial charge in [0.2, 0.25) is 0 Å². The molecule has 0 N–H and O–H groups in total. The Morgan fingerprint density at radius 2 is 0.738 bits per heavy atom. The molecule has 10 heteroatoms. The first-order chi connectivity index (χ1) is 20.3. The Kier molecular flexibility index (Phi) is 6.90. The second-order valence-electron chi connectivity index (χ2n) is 9.63. The Bertz CT molecular complexity index is 1980. The zero-order valence-electron chi connectivity index (χ0n) is 23.4. The predicted molar refractivity (Wildman–Crippen MR) is 159 cm³/mol. The molecule has 10 nitrogen and oxygen atoms in total. The van der Waals surface area contributed by atoms with E-state index in [1.165, 1.54) is 0 Å². The topological polar surface area (TPSA) is 120 Å². The number of hydrogen-bond donors (Lipinski definition) is 0. The summed E-state index contributed by atoms with van der Waals surface area (Å²) in [4.78, 5) is 44.6. The molecule has 0 spiro atoms. The fourth-order valence-electron chi connectivity index (χ4n) is 4.50. The summed E-state index contributed by atoms with van der Waals surface area (Å²) in [5, 5.41) is 0. The molecule has 0 aliphatic heterocycles. The van der Waals surface area contributed by atoms with Gasteiger partial charge >= 0.3 is 0 Å². The number of nitrogens with zero attached hydrogens (tertiary/aromatic N) is 10. The lowest BCUT2D eigenvalue weighted by Gasteiger charge is -2.09. The molecular weight excluding hydrogens is 524 g/mol. The molecule has 3 heterocycles. The Hall–Kier alpha value is -5.82. The SMILES string of the molecule is [C-]#[N+]c1ccc(-c2nc(C)nc(-c3cccc(-c4nc(C)nc(-c5cccc(-c6nc(C)nc(C)n6)c5)n4)c3)n2)cc1. The number of hydrogen-bond acceptors (Lipinski definition) is 9. The smallest absolute Gasteiger partial charge is 0.187 e. The third kappa shape index (κ3) is 5.57. The third-order valence-corrected chi connectivity index (χ3v) is 6.37. The monoisotopic (exact) mass is 548 g/mol. The van der Waals surface area contributed by atoms with E-state index < -0.39 is 0 Å². The number of aromatic nitrogens is 9. The first kappa shape index (κ1) is 26.4. The highest BCUT2D eigenvalue weighted by atomic mass is 15.0. The highest BCUT2D eigenvalue weighted by Crippen LogP contribution is 2.28. The van der Waals surface area contributed by atoms with Gasteiger partial charge in [-0.2, -0.15) is 0 Å².